The molecule has 1 fully saturated rings. The standard InChI is InChI=1S/C15H22N2O2S/c1-13(2)12-17-10-8-14(9-11-17)16-20(18,19)15-6-4-3-5-7-15/h3-7,14,16H,1,8-12H2,2H3. The van der Waals surface area contributed by atoms with Crippen molar-refractivity contribution >= 4 is 10.0 Å². The van der Waals surface area contributed by atoms with E-state index in [1.54, 1.807) is 24.3 Å². The van der Waals surface area contributed by atoms with Crippen LogP contribution in [0.25, 0.3) is 0 Å². The topological polar surface area (TPSA) is 49.4 Å². The number of benzene rings is 1. The van der Waals surface area contributed by atoms with Gasteiger partial charge in [-0.25, -0.2) is 13.1 Å². The Balaban J connectivity index is 1.91. The minimum atomic E-state index is -3.39. The largest absolute Gasteiger partial charge is 0.299 e. The fourth-order valence-electron chi connectivity index (χ4n) is 2.48. The Morgan fingerprint density at radius 3 is 2.45 bits per heavy atom. The van der Waals surface area contributed by atoms with E-state index in [0.29, 0.717) is 4.90 Å². The van der Waals surface area contributed by atoms with Gasteiger partial charge in [-0.2, -0.15) is 0 Å². The highest BCUT2D eigenvalue weighted by molar-refractivity contribution is 7.89. The van der Waals surface area contributed by atoms with Crippen LogP contribution in [0.2, 0.25) is 0 Å². The van der Waals surface area contributed by atoms with Gasteiger partial charge in [0.25, 0.3) is 0 Å². The third-order valence-corrected chi connectivity index (χ3v) is 4.99. The maximum absolute atomic E-state index is 12.2. The Hall–Kier alpha value is -1.17. The smallest absolute Gasteiger partial charge is 0.240 e. The summed E-state index contributed by atoms with van der Waals surface area (Å²) in [6.45, 7) is 8.66. The van der Waals surface area contributed by atoms with Gasteiger partial charge >= 0.3 is 0 Å². The van der Waals surface area contributed by atoms with Crippen LogP contribution in [0.1, 0.15) is 19.8 Å². The van der Waals surface area contributed by atoms with Crippen molar-refractivity contribution in [1.82, 2.24) is 9.62 Å². The molecule has 4 nitrogen and oxygen atoms in total. The van der Waals surface area contributed by atoms with Crippen molar-refractivity contribution in [2.24, 2.45) is 0 Å². The summed E-state index contributed by atoms with van der Waals surface area (Å²) in [5.74, 6) is 0. The van der Waals surface area contributed by atoms with Gasteiger partial charge in [-0.05, 0) is 45.0 Å². The van der Waals surface area contributed by atoms with E-state index in [2.05, 4.69) is 16.2 Å². The van der Waals surface area contributed by atoms with Crippen LogP contribution in [0.15, 0.2) is 47.4 Å². The molecule has 1 aromatic rings. The first kappa shape index (κ1) is 15.2. The van der Waals surface area contributed by atoms with E-state index in [1.165, 1.54) is 0 Å². The number of hydrogen-bond donors (Lipinski definition) is 1. The molecule has 1 saturated heterocycles. The lowest BCUT2D eigenvalue weighted by molar-refractivity contribution is 0.222. The highest BCUT2D eigenvalue weighted by Crippen LogP contribution is 2.15. The third kappa shape index (κ3) is 4.16. The minimum absolute atomic E-state index is 0.0292. The summed E-state index contributed by atoms with van der Waals surface area (Å²) in [5, 5.41) is 0. The lowest BCUT2D eigenvalue weighted by Gasteiger charge is -2.32. The Morgan fingerprint density at radius 1 is 1.30 bits per heavy atom. The van der Waals surface area contributed by atoms with E-state index in [0.717, 1.165) is 38.0 Å². The van der Waals surface area contributed by atoms with Crippen LogP contribution in [0, 0.1) is 0 Å². The van der Waals surface area contributed by atoms with E-state index in [4.69, 9.17) is 0 Å². The van der Waals surface area contributed by atoms with Crippen LogP contribution >= 0.6 is 0 Å². The number of likely N-dealkylation sites (tertiary alicyclic amines) is 1. The third-order valence-electron chi connectivity index (χ3n) is 3.46. The zero-order valence-electron chi connectivity index (χ0n) is 11.9. The summed E-state index contributed by atoms with van der Waals surface area (Å²) in [5.41, 5.74) is 1.15. The normalized spacial score (nSPS) is 18.1. The van der Waals surface area contributed by atoms with Gasteiger partial charge < -0.3 is 0 Å². The summed E-state index contributed by atoms with van der Waals surface area (Å²) in [6.07, 6.45) is 1.69. The fourth-order valence-corrected chi connectivity index (χ4v) is 3.80. The molecule has 20 heavy (non-hydrogen) atoms. The molecular weight excluding hydrogens is 272 g/mol. The molecule has 110 valence electrons. The van der Waals surface area contributed by atoms with Gasteiger partial charge in [0.05, 0.1) is 4.90 Å². The highest BCUT2D eigenvalue weighted by Gasteiger charge is 2.24. The number of sulfonamides is 1. The van der Waals surface area contributed by atoms with Crippen molar-refractivity contribution in [3.63, 3.8) is 0 Å². The van der Waals surface area contributed by atoms with E-state index in [9.17, 15) is 8.42 Å². The maximum atomic E-state index is 12.2. The number of nitrogens with zero attached hydrogens (tertiary/aromatic N) is 1. The second-order valence-corrected chi connectivity index (χ2v) is 7.16. The van der Waals surface area contributed by atoms with E-state index in [1.807, 2.05) is 13.0 Å². The van der Waals surface area contributed by atoms with E-state index >= 15 is 0 Å². The molecule has 0 saturated carbocycles. The predicted molar refractivity (Wildman–Crippen MR) is 81.0 cm³/mol. The maximum Gasteiger partial charge on any atom is 0.240 e. The van der Waals surface area contributed by atoms with Gasteiger partial charge in [-0.15, -0.1) is 0 Å². The average Bonchev–Trinajstić information content (AvgIpc) is 2.41. The summed E-state index contributed by atoms with van der Waals surface area (Å²) in [6, 6.07) is 8.57. The Labute approximate surface area is 121 Å². The molecule has 0 atom stereocenters. The van der Waals surface area contributed by atoms with E-state index in [-0.39, 0.29) is 6.04 Å². The number of rotatable bonds is 5. The Bertz CT molecular complexity index is 546. The molecule has 0 radical (unpaired) electrons. The zero-order valence-corrected chi connectivity index (χ0v) is 12.7. The van der Waals surface area contributed by atoms with Crippen LogP contribution in [-0.4, -0.2) is 39.0 Å². The summed E-state index contributed by atoms with van der Waals surface area (Å²) < 4.78 is 27.3. The monoisotopic (exact) mass is 294 g/mol. The molecule has 1 aliphatic heterocycles. The van der Waals surface area contributed by atoms with Crippen molar-refractivity contribution in [3.05, 3.63) is 42.5 Å². The first-order valence-corrected chi connectivity index (χ1v) is 8.40. The molecule has 0 aliphatic carbocycles. The lowest BCUT2D eigenvalue weighted by Crippen LogP contribution is -2.44. The average molecular weight is 294 g/mol. The van der Waals surface area contributed by atoms with Gasteiger partial charge in [0.2, 0.25) is 10.0 Å². The van der Waals surface area contributed by atoms with Crippen molar-refractivity contribution in [2.75, 3.05) is 19.6 Å². The van der Waals surface area contributed by atoms with Gasteiger partial charge in [0.1, 0.15) is 0 Å². The van der Waals surface area contributed by atoms with Gasteiger partial charge in [-0.3, -0.25) is 4.90 Å². The lowest BCUT2D eigenvalue weighted by atomic mass is 10.1. The molecule has 0 aromatic heterocycles. The zero-order chi connectivity index (χ0) is 14.6. The van der Waals surface area contributed by atoms with Crippen molar-refractivity contribution in [3.8, 4) is 0 Å². The molecule has 1 heterocycles. The molecule has 0 unspecified atom stereocenters. The second kappa shape index (κ2) is 6.52. The van der Waals surface area contributed by atoms with Crippen LogP contribution < -0.4 is 4.72 Å². The number of hydrogen-bond acceptors (Lipinski definition) is 3. The molecule has 2 rings (SSSR count). The molecule has 1 aliphatic rings. The predicted octanol–water partition coefficient (Wildman–Crippen LogP) is 2.01. The van der Waals surface area contributed by atoms with Crippen LogP contribution in [0.4, 0.5) is 0 Å². The molecule has 1 aromatic carbocycles. The molecule has 0 bridgehead atoms. The fraction of sp³-hybridized carbons (Fsp3) is 0.467. The molecular formula is C15H22N2O2S. The molecule has 1 N–H and O–H groups in total. The highest BCUT2D eigenvalue weighted by atomic mass is 32.2. The molecule has 0 amide bonds. The van der Waals surface area contributed by atoms with Crippen molar-refractivity contribution in [2.45, 2.75) is 30.7 Å². The van der Waals surface area contributed by atoms with Gasteiger partial charge in [-0.1, -0.05) is 30.4 Å². The first-order valence-electron chi connectivity index (χ1n) is 6.91. The van der Waals surface area contributed by atoms with E-state index < -0.39 is 10.0 Å². The second-order valence-electron chi connectivity index (χ2n) is 5.44. The van der Waals surface area contributed by atoms with Crippen molar-refractivity contribution < 1.29 is 8.42 Å². The van der Waals surface area contributed by atoms with Crippen LogP contribution in [0.5, 0.6) is 0 Å². The number of piperidine rings is 1. The van der Waals surface area contributed by atoms with Crippen molar-refractivity contribution in [1.29, 1.82) is 0 Å². The molecule has 0 spiro atoms. The SMILES string of the molecule is C=C(C)CN1CCC(NS(=O)(=O)c2ccccc2)CC1. The van der Waals surface area contributed by atoms with Crippen LogP contribution in [0.3, 0.4) is 0 Å². The quantitative estimate of drug-likeness (QED) is 0.845. The summed E-state index contributed by atoms with van der Waals surface area (Å²) in [4.78, 5) is 2.65. The van der Waals surface area contributed by atoms with Gasteiger partial charge in [0.15, 0.2) is 0 Å². The first-order chi connectivity index (χ1) is 9.47. The van der Waals surface area contributed by atoms with Gasteiger partial charge in [0, 0.05) is 12.6 Å². The molecule has 5 heteroatoms. The number of nitrogens with one attached hydrogen (secondary N) is 1. The Morgan fingerprint density at radius 2 is 1.90 bits per heavy atom. The summed E-state index contributed by atoms with van der Waals surface area (Å²) in [7, 11) is -3.39. The Kier molecular flexibility index (Phi) is 4.96. The minimum Gasteiger partial charge on any atom is -0.299 e. The van der Waals surface area contributed by atoms with Crippen LogP contribution in [-0.2, 0) is 10.0 Å². The summed E-state index contributed by atoms with van der Waals surface area (Å²) >= 11 is 0.